The smallest absolute Gasteiger partial charge is 0.292 e. The van der Waals surface area contributed by atoms with Crippen LogP contribution in [0.25, 0.3) is 0 Å². The molecule has 7 nitrogen and oxygen atoms in total. The second-order valence-corrected chi connectivity index (χ2v) is 4.48. The van der Waals surface area contributed by atoms with E-state index in [0.29, 0.717) is 19.6 Å². The van der Waals surface area contributed by atoms with Crippen molar-refractivity contribution in [3.63, 3.8) is 0 Å². The fraction of sp³-hybridized carbons (Fsp3) is 0.455. The van der Waals surface area contributed by atoms with Crippen LogP contribution in [0.3, 0.4) is 0 Å². The van der Waals surface area contributed by atoms with Gasteiger partial charge in [0.2, 0.25) is 0 Å². The molecule has 1 fully saturated rings. The van der Waals surface area contributed by atoms with Crippen molar-refractivity contribution in [1.82, 2.24) is 4.90 Å². The maximum atomic E-state index is 10.6. The van der Waals surface area contributed by atoms with Crippen molar-refractivity contribution in [3.8, 4) is 0 Å². The largest absolute Gasteiger partial charge is 0.393 e. The Kier molecular flexibility index (Phi) is 3.46. The Labute approximate surface area is 104 Å². The van der Waals surface area contributed by atoms with Crippen LogP contribution in [-0.2, 0) is 6.54 Å². The molecule has 1 aliphatic rings. The van der Waals surface area contributed by atoms with E-state index in [9.17, 15) is 20.3 Å². The average Bonchev–Trinajstić information content (AvgIpc) is 2.57. The molecular formula is C11H15N3O4. The van der Waals surface area contributed by atoms with Gasteiger partial charge in [-0.2, -0.15) is 0 Å². The Morgan fingerprint density at radius 3 is 2.50 bits per heavy atom. The number of aliphatic hydroxyl groups excluding tert-OH is 2. The number of hydrogen-bond acceptors (Lipinski definition) is 6. The highest BCUT2D eigenvalue weighted by Crippen LogP contribution is 2.23. The number of nitro groups is 1. The third-order valence-electron chi connectivity index (χ3n) is 3.03. The third-order valence-corrected chi connectivity index (χ3v) is 3.03. The quantitative estimate of drug-likeness (QED) is 0.388. The highest BCUT2D eigenvalue weighted by molar-refractivity contribution is 5.59. The molecule has 1 aliphatic heterocycles. The van der Waals surface area contributed by atoms with Crippen LogP contribution in [0.4, 0.5) is 11.4 Å². The molecule has 2 unspecified atom stereocenters. The van der Waals surface area contributed by atoms with Gasteiger partial charge in [0, 0.05) is 25.7 Å². The number of β-amino-alcohol motifs (C(OH)–C–C–N with tert-alkyl or cyclic N) is 2. The summed E-state index contributed by atoms with van der Waals surface area (Å²) in [6.45, 7) is 1.27. The first-order valence-corrected chi connectivity index (χ1v) is 5.58. The minimum absolute atomic E-state index is 0.111. The van der Waals surface area contributed by atoms with E-state index in [2.05, 4.69) is 0 Å². The number of nitrogens with two attached hydrogens (primary N) is 1. The minimum atomic E-state index is -0.736. The second kappa shape index (κ2) is 4.89. The Balaban J connectivity index is 2.07. The molecule has 0 aromatic heterocycles. The van der Waals surface area contributed by atoms with E-state index >= 15 is 0 Å². The van der Waals surface area contributed by atoms with E-state index in [1.54, 1.807) is 12.1 Å². The van der Waals surface area contributed by atoms with Crippen LogP contribution in [0, 0.1) is 10.1 Å². The molecular weight excluding hydrogens is 238 g/mol. The van der Waals surface area contributed by atoms with E-state index in [1.165, 1.54) is 6.07 Å². The molecule has 0 radical (unpaired) electrons. The van der Waals surface area contributed by atoms with Crippen molar-refractivity contribution in [1.29, 1.82) is 0 Å². The fourth-order valence-electron chi connectivity index (χ4n) is 2.10. The first-order valence-electron chi connectivity index (χ1n) is 5.58. The lowest BCUT2D eigenvalue weighted by atomic mass is 10.1. The van der Waals surface area contributed by atoms with Crippen LogP contribution >= 0.6 is 0 Å². The maximum absolute atomic E-state index is 10.6. The Hall–Kier alpha value is -1.70. The zero-order valence-corrected chi connectivity index (χ0v) is 9.69. The summed E-state index contributed by atoms with van der Waals surface area (Å²) in [5.74, 6) is 0. The van der Waals surface area contributed by atoms with Gasteiger partial charge in [-0.15, -0.1) is 0 Å². The van der Waals surface area contributed by atoms with Crippen LogP contribution in [0.2, 0.25) is 0 Å². The number of benzene rings is 1. The van der Waals surface area contributed by atoms with Crippen LogP contribution in [0.5, 0.6) is 0 Å². The van der Waals surface area contributed by atoms with Gasteiger partial charge < -0.3 is 15.9 Å². The third kappa shape index (κ3) is 2.58. The molecule has 1 aromatic carbocycles. The first-order chi connectivity index (χ1) is 8.47. The second-order valence-electron chi connectivity index (χ2n) is 4.48. The van der Waals surface area contributed by atoms with Crippen LogP contribution in [0.15, 0.2) is 18.2 Å². The number of rotatable bonds is 3. The molecule has 98 valence electrons. The maximum Gasteiger partial charge on any atom is 0.292 e. The van der Waals surface area contributed by atoms with Gasteiger partial charge >= 0.3 is 0 Å². The number of likely N-dealkylation sites (tertiary alicyclic amines) is 1. The number of nitrogens with zero attached hydrogens (tertiary/aromatic N) is 2. The lowest BCUT2D eigenvalue weighted by Gasteiger charge is -2.14. The number of anilines is 1. The summed E-state index contributed by atoms with van der Waals surface area (Å²) < 4.78 is 0. The predicted molar refractivity (Wildman–Crippen MR) is 64.8 cm³/mol. The van der Waals surface area contributed by atoms with Gasteiger partial charge in [0.25, 0.3) is 5.69 Å². The number of nitrogen functional groups attached to an aromatic ring is 1. The van der Waals surface area contributed by atoms with Gasteiger partial charge in [0.15, 0.2) is 0 Å². The number of hydrogen-bond donors (Lipinski definition) is 3. The summed E-state index contributed by atoms with van der Waals surface area (Å²) in [6.07, 6.45) is -1.47. The van der Waals surface area contributed by atoms with E-state index < -0.39 is 17.1 Å². The highest BCUT2D eigenvalue weighted by atomic mass is 16.6. The van der Waals surface area contributed by atoms with Crippen molar-refractivity contribution in [3.05, 3.63) is 33.9 Å². The van der Waals surface area contributed by atoms with E-state index in [4.69, 9.17) is 5.73 Å². The molecule has 0 spiro atoms. The number of aliphatic hydroxyl groups is 2. The fourth-order valence-corrected chi connectivity index (χ4v) is 2.10. The molecule has 1 aromatic rings. The van der Waals surface area contributed by atoms with E-state index in [1.807, 2.05) is 4.90 Å². The molecule has 2 atom stereocenters. The lowest BCUT2D eigenvalue weighted by Crippen LogP contribution is -2.22. The summed E-state index contributed by atoms with van der Waals surface area (Å²) >= 11 is 0. The standard InChI is InChI=1S/C11H15N3O4/c12-8-3-7(1-2-9(8)14(17)18)4-13-5-10(15)11(16)6-13/h1-3,10-11,15-16H,4-6,12H2. The minimum Gasteiger partial charge on any atom is -0.393 e. The highest BCUT2D eigenvalue weighted by Gasteiger charge is 2.29. The van der Waals surface area contributed by atoms with Gasteiger partial charge in [-0.05, 0) is 11.6 Å². The molecule has 0 amide bonds. The Morgan fingerprint density at radius 2 is 2.00 bits per heavy atom. The van der Waals surface area contributed by atoms with Crippen molar-refractivity contribution in [2.45, 2.75) is 18.8 Å². The SMILES string of the molecule is Nc1cc(CN2CC(O)C(O)C2)ccc1[N+](=O)[O-]. The molecule has 0 aliphatic carbocycles. The van der Waals surface area contributed by atoms with Crippen LogP contribution in [0.1, 0.15) is 5.56 Å². The monoisotopic (exact) mass is 253 g/mol. The number of nitro benzene ring substituents is 1. The summed E-state index contributed by atoms with van der Waals surface area (Å²) in [4.78, 5) is 12.0. The summed E-state index contributed by atoms with van der Waals surface area (Å²) in [5.41, 5.74) is 6.42. The first kappa shape index (κ1) is 12.7. The molecule has 7 heteroatoms. The predicted octanol–water partition coefficient (Wildman–Crippen LogP) is -0.286. The molecule has 4 N–H and O–H groups in total. The topological polar surface area (TPSA) is 113 Å². The Morgan fingerprint density at radius 1 is 1.39 bits per heavy atom. The average molecular weight is 253 g/mol. The normalized spacial score (nSPS) is 24.3. The summed E-state index contributed by atoms with van der Waals surface area (Å²) in [5, 5.41) is 29.4. The molecule has 18 heavy (non-hydrogen) atoms. The molecule has 1 saturated heterocycles. The molecule has 1 heterocycles. The zero-order valence-electron chi connectivity index (χ0n) is 9.69. The van der Waals surface area contributed by atoms with Gasteiger partial charge in [0.05, 0.1) is 17.1 Å². The van der Waals surface area contributed by atoms with E-state index in [0.717, 1.165) is 5.56 Å². The van der Waals surface area contributed by atoms with Crippen molar-refractivity contribution >= 4 is 11.4 Å². The van der Waals surface area contributed by atoms with Crippen molar-refractivity contribution in [2.24, 2.45) is 0 Å². The molecule has 0 bridgehead atoms. The Bertz CT molecular complexity index is 456. The van der Waals surface area contributed by atoms with Gasteiger partial charge in [-0.1, -0.05) is 6.07 Å². The summed E-state index contributed by atoms with van der Waals surface area (Å²) in [7, 11) is 0. The van der Waals surface area contributed by atoms with Crippen LogP contribution in [-0.4, -0.2) is 45.3 Å². The van der Waals surface area contributed by atoms with Gasteiger partial charge in [0.1, 0.15) is 5.69 Å². The molecule has 2 rings (SSSR count). The zero-order chi connectivity index (χ0) is 13.3. The van der Waals surface area contributed by atoms with E-state index in [-0.39, 0.29) is 11.4 Å². The van der Waals surface area contributed by atoms with Crippen molar-refractivity contribution in [2.75, 3.05) is 18.8 Å². The lowest BCUT2D eigenvalue weighted by molar-refractivity contribution is -0.383. The van der Waals surface area contributed by atoms with Gasteiger partial charge in [-0.25, -0.2) is 0 Å². The van der Waals surface area contributed by atoms with Crippen molar-refractivity contribution < 1.29 is 15.1 Å². The van der Waals surface area contributed by atoms with Crippen LogP contribution < -0.4 is 5.73 Å². The van der Waals surface area contributed by atoms with Gasteiger partial charge in [-0.3, -0.25) is 15.0 Å². The summed E-state index contributed by atoms with van der Waals surface area (Å²) in [6, 6.07) is 4.55. The molecule has 0 saturated carbocycles.